The number of rotatable bonds is 5. The van der Waals surface area contributed by atoms with Crippen molar-refractivity contribution < 1.29 is 14.0 Å². The minimum absolute atomic E-state index is 0.0889. The molecule has 0 bridgehead atoms. The Hall–Kier alpha value is -1.76. The number of hydrogen-bond acceptors (Lipinski definition) is 6. The van der Waals surface area contributed by atoms with Crippen molar-refractivity contribution in [3.63, 3.8) is 0 Å². The molecule has 3 heterocycles. The third-order valence-electron chi connectivity index (χ3n) is 5.16. The van der Waals surface area contributed by atoms with Crippen LogP contribution in [0.1, 0.15) is 29.6 Å². The largest absolute Gasteiger partial charge is 0.381 e. The fourth-order valence-electron chi connectivity index (χ4n) is 3.99. The summed E-state index contributed by atoms with van der Waals surface area (Å²) in [5.41, 5.74) is 1.42. The van der Waals surface area contributed by atoms with Crippen molar-refractivity contribution in [2.24, 2.45) is 5.41 Å². The molecule has 6 heteroatoms. The van der Waals surface area contributed by atoms with Gasteiger partial charge < -0.3 is 14.0 Å². The molecule has 2 aliphatic heterocycles. The molecule has 24 heavy (non-hydrogen) atoms. The molecule has 0 amide bonds. The number of methoxy groups -OCH3 is 1. The van der Waals surface area contributed by atoms with Gasteiger partial charge in [0.25, 0.3) is 0 Å². The van der Waals surface area contributed by atoms with Crippen molar-refractivity contribution in [2.45, 2.75) is 25.5 Å². The molecule has 0 radical (unpaired) electrons. The third-order valence-corrected chi connectivity index (χ3v) is 5.16. The van der Waals surface area contributed by atoms with E-state index in [-0.39, 0.29) is 11.3 Å². The van der Waals surface area contributed by atoms with Gasteiger partial charge in [-0.15, -0.1) is 0 Å². The summed E-state index contributed by atoms with van der Waals surface area (Å²) in [6.07, 6.45) is 1.05. The molecular weight excluding hydrogens is 306 g/mol. The Balaban J connectivity index is 1.55. The maximum atomic E-state index is 5.75. The van der Waals surface area contributed by atoms with Crippen LogP contribution in [0, 0.1) is 5.41 Å². The highest BCUT2D eigenvalue weighted by Crippen LogP contribution is 2.48. The van der Waals surface area contributed by atoms with Gasteiger partial charge >= 0.3 is 0 Å². The molecule has 2 aromatic rings. The van der Waals surface area contributed by atoms with Gasteiger partial charge in [0.05, 0.1) is 12.5 Å². The van der Waals surface area contributed by atoms with Crippen molar-refractivity contribution in [1.29, 1.82) is 0 Å². The zero-order valence-corrected chi connectivity index (χ0v) is 14.0. The predicted molar refractivity (Wildman–Crippen MR) is 87.3 cm³/mol. The average molecular weight is 329 g/mol. The minimum Gasteiger partial charge on any atom is -0.381 e. The number of aromatic nitrogens is 2. The lowest BCUT2D eigenvalue weighted by molar-refractivity contribution is 0.138. The predicted octanol–water partition coefficient (Wildman–Crippen LogP) is 2.22. The molecule has 1 spiro atoms. The van der Waals surface area contributed by atoms with Gasteiger partial charge in [-0.25, -0.2) is 0 Å². The van der Waals surface area contributed by atoms with Crippen molar-refractivity contribution in [3.8, 4) is 0 Å². The summed E-state index contributed by atoms with van der Waals surface area (Å²) in [5.74, 6) is 1.56. The Morgan fingerprint density at radius 3 is 2.96 bits per heavy atom. The van der Waals surface area contributed by atoms with Gasteiger partial charge in [0.2, 0.25) is 5.89 Å². The van der Waals surface area contributed by atoms with Crippen molar-refractivity contribution in [2.75, 3.05) is 33.4 Å². The van der Waals surface area contributed by atoms with Gasteiger partial charge in [-0.2, -0.15) is 4.98 Å². The van der Waals surface area contributed by atoms with Gasteiger partial charge in [0.15, 0.2) is 5.82 Å². The number of hydrogen-bond donors (Lipinski definition) is 0. The van der Waals surface area contributed by atoms with Gasteiger partial charge in [-0.3, -0.25) is 4.90 Å². The fraction of sp³-hybridized carbons (Fsp3) is 0.556. The van der Waals surface area contributed by atoms with E-state index in [1.165, 1.54) is 5.56 Å². The van der Waals surface area contributed by atoms with Crippen LogP contribution in [0.4, 0.5) is 0 Å². The highest BCUT2D eigenvalue weighted by molar-refractivity contribution is 5.17. The molecule has 2 aliphatic rings. The Bertz CT molecular complexity index is 667. The quantitative estimate of drug-likeness (QED) is 0.838. The lowest BCUT2D eigenvalue weighted by atomic mass is 9.77. The van der Waals surface area contributed by atoms with E-state index in [2.05, 4.69) is 45.4 Å². The molecule has 2 saturated heterocycles. The first-order valence-corrected chi connectivity index (χ1v) is 8.44. The second-order valence-electron chi connectivity index (χ2n) is 6.85. The number of likely N-dealkylation sites (tertiary alicyclic amines) is 1. The van der Waals surface area contributed by atoms with E-state index in [9.17, 15) is 0 Å². The normalized spacial score (nSPS) is 27.3. The monoisotopic (exact) mass is 329 g/mol. The molecule has 0 saturated carbocycles. The second-order valence-corrected chi connectivity index (χ2v) is 6.85. The van der Waals surface area contributed by atoms with Crippen LogP contribution in [0.3, 0.4) is 0 Å². The summed E-state index contributed by atoms with van der Waals surface area (Å²) in [4.78, 5) is 7.04. The fourth-order valence-corrected chi connectivity index (χ4v) is 3.99. The summed E-state index contributed by atoms with van der Waals surface area (Å²) < 4.78 is 16.4. The SMILES string of the molecule is COCc1noc(C2CN(Cc3ccccc3)CC23CCOC3)n1. The highest BCUT2D eigenvalue weighted by atomic mass is 16.5. The van der Waals surface area contributed by atoms with Crippen LogP contribution >= 0.6 is 0 Å². The molecule has 6 nitrogen and oxygen atoms in total. The van der Waals surface area contributed by atoms with Gasteiger partial charge in [0, 0.05) is 38.8 Å². The third kappa shape index (κ3) is 2.97. The van der Waals surface area contributed by atoms with Crippen LogP contribution in [-0.2, 0) is 22.6 Å². The average Bonchev–Trinajstić information content (AvgIpc) is 3.31. The summed E-state index contributed by atoms with van der Waals surface area (Å²) in [5, 5.41) is 4.04. The minimum atomic E-state index is 0.0889. The molecule has 0 N–H and O–H groups in total. The first kappa shape index (κ1) is 15.7. The molecule has 2 fully saturated rings. The molecular formula is C18H23N3O3. The van der Waals surface area contributed by atoms with Crippen molar-refractivity contribution >= 4 is 0 Å². The second kappa shape index (κ2) is 6.63. The topological polar surface area (TPSA) is 60.6 Å². The molecule has 0 aliphatic carbocycles. The molecule has 128 valence electrons. The van der Waals surface area contributed by atoms with Gasteiger partial charge in [0.1, 0.15) is 6.61 Å². The van der Waals surface area contributed by atoms with Crippen LogP contribution < -0.4 is 0 Å². The van der Waals surface area contributed by atoms with Gasteiger partial charge in [-0.05, 0) is 12.0 Å². The van der Waals surface area contributed by atoms with E-state index in [0.717, 1.165) is 45.2 Å². The Labute approximate surface area is 141 Å². The molecule has 1 aromatic heterocycles. The zero-order chi connectivity index (χ0) is 16.4. The maximum Gasteiger partial charge on any atom is 0.231 e. The van der Waals surface area contributed by atoms with E-state index < -0.39 is 0 Å². The number of nitrogens with zero attached hydrogens (tertiary/aromatic N) is 3. The first-order chi connectivity index (χ1) is 11.8. The van der Waals surface area contributed by atoms with E-state index in [1.807, 2.05) is 0 Å². The molecule has 4 rings (SSSR count). The Morgan fingerprint density at radius 2 is 2.21 bits per heavy atom. The van der Waals surface area contributed by atoms with Crippen LogP contribution in [0.5, 0.6) is 0 Å². The molecule has 2 atom stereocenters. The van der Waals surface area contributed by atoms with E-state index >= 15 is 0 Å². The van der Waals surface area contributed by atoms with E-state index in [0.29, 0.717) is 12.4 Å². The summed E-state index contributed by atoms with van der Waals surface area (Å²) >= 11 is 0. The number of benzene rings is 1. The Morgan fingerprint density at radius 1 is 1.33 bits per heavy atom. The highest BCUT2D eigenvalue weighted by Gasteiger charge is 2.51. The zero-order valence-electron chi connectivity index (χ0n) is 14.0. The summed E-state index contributed by atoms with van der Waals surface area (Å²) in [6, 6.07) is 10.6. The van der Waals surface area contributed by atoms with Gasteiger partial charge in [-0.1, -0.05) is 35.5 Å². The van der Waals surface area contributed by atoms with E-state index in [4.69, 9.17) is 14.0 Å². The summed E-state index contributed by atoms with van der Waals surface area (Å²) in [7, 11) is 1.64. The summed E-state index contributed by atoms with van der Waals surface area (Å²) in [6.45, 7) is 4.84. The van der Waals surface area contributed by atoms with Crippen LogP contribution in [0.25, 0.3) is 0 Å². The number of ether oxygens (including phenoxy) is 2. The standard InChI is InChI=1S/C18H23N3O3/c1-22-11-16-19-17(24-20-16)15-10-21(9-14-5-3-2-4-6-14)12-18(15)7-8-23-13-18/h2-6,15H,7-13H2,1H3. The maximum absolute atomic E-state index is 5.75. The molecule has 2 unspecified atom stereocenters. The van der Waals surface area contributed by atoms with E-state index in [1.54, 1.807) is 7.11 Å². The van der Waals surface area contributed by atoms with Crippen LogP contribution in [0.2, 0.25) is 0 Å². The lowest BCUT2D eigenvalue weighted by Gasteiger charge is -2.25. The molecule has 1 aromatic carbocycles. The van der Waals surface area contributed by atoms with Crippen molar-refractivity contribution in [3.05, 3.63) is 47.6 Å². The first-order valence-electron chi connectivity index (χ1n) is 8.44. The lowest BCUT2D eigenvalue weighted by Crippen LogP contribution is -2.30. The van der Waals surface area contributed by atoms with Crippen LogP contribution in [0.15, 0.2) is 34.9 Å². The van der Waals surface area contributed by atoms with Crippen LogP contribution in [-0.4, -0.2) is 48.5 Å². The Kier molecular flexibility index (Phi) is 4.35. The smallest absolute Gasteiger partial charge is 0.231 e. The van der Waals surface area contributed by atoms with Crippen molar-refractivity contribution in [1.82, 2.24) is 15.0 Å².